The number of halogens is 1. The van der Waals surface area contributed by atoms with Crippen LogP contribution in [0.1, 0.15) is 11.1 Å². The van der Waals surface area contributed by atoms with Gasteiger partial charge in [-0.25, -0.2) is 0 Å². The summed E-state index contributed by atoms with van der Waals surface area (Å²) < 4.78 is 11.1. The number of hydrogen-bond donors (Lipinski definition) is 1. The van der Waals surface area contributed by atoms with Crippen LogP contribution in [0.25, 0.3) is 0 Å². The van der Waals surface area contributed by atoms with Crippen LogP contribution < -0.4 is 15.2 Å². The Morgan fingerprint density at radius 2 is 2.00 bits per heavy atom. The maximum absolute atomic E-state index is 13.0. The van der Waals surface area contributed by atoms with E-state index in [1.807, 2.05) is 41.3 Å². The molecule has 0 bridgehead atoms. The van der Waals surface area contributed by atoms with Gasteiger partial charge in [-0.15, -0.1) is 12.4 Å². The van der Waals surface area contributed by atoms with Crippen molar-refractivity contribution in [3.8, 4) is 11.5 Å². The van der Waals surface area contributed by atoms with Crippen LogP contribution in [0.2, 0.25) is 0 Å². The monoisotopic (exact) mass is 390 g/mol. The van der Waals surface area contributed by atoms with Crippen molar-refractivity contribution in [3.05, 3.63) is 59.7 Å². The van der Waals surface area contributed by atoms with E-state index < -0.39 is 0 Å². The zero-order valence-corrected chi connectivity index (χ0v) is 16.4. The zero-order valence-electron chi connectivity index (χ0n) is 15.6. The number of nitrogens with two attached hydrogens (primary N) is 1. The predicted molar refractivity (Wildman–Crippen MR) is 109 cm³/mol. The molecule has 2 N–H and O–H groups in total. The fourth-order valence-electron chi connectivity index (χ4n) is 3.31. The minimum absolute atomic E-state index is 0. The molecule has 6 heteroatoms. The molecule has 0 radical (unpaired) electrons. The van der Waals surface area contributed by atoms with Gasteiger partial charge in [-0.3, -0.25) is 4.79 Å². The predicted octanol–water partition coefficient (Wildman–Crippen LogP) is 2.70. The highest BCUT2D eigenvalue weighted by molar-refractivity contribution is 5.85. The molecule has 146 valence electrons. The number of methoxy groups -OCH3 is 1. The molecule has 1 amide bonds. The van der Waals surface area contributed by atoms with E-state index in [9.17, 15) is 4.79 Å². The van der Waals surface area contributed by atoms with E-state index in [1.54, 1.807) is 7.11 Å². The van der Waals surface area contributed by atoms with Crippen molar-refractivity contribution in [2.45, 2.75) is 12.8 Å². The lowest BCUT2D eigenvalue weighted by Crippen LogP contribution is -2.44. The summed E-state index contributed by atoms with van der Waals surface area (Å²) in [5.41, 5.74) is 7.98. The molecule has 0 spiro atoms. The first-order chi connectivity index (χ1) is 12.7. The molecule has 0 fully saturated rings. The third-order valence-corrected chi connectivity index (χ3v) is 4.75. The van der Waals surface area contributed by atoms with Gasteiger partial charge in [-0.2, -0.15) is 0 Å². The molecule has 1 aliphatic heterocycles. The molecule has 3 rings (SSSR count). The molecule has 2 aromatic carbocycles. The van der Waals surface area contributed by atoms with Gasteiger partial charge in [0.2, 0.25) is 5.91 Å². The Kier molecular flexibility index (Phi) is 7.95. The van der Waals surface area contributed by atoms with Gasteiger partial charge in [0.25, 0.3) is 0 Å². The van der Waals surface area contributed by atoms with Gasteiger partial charge in [-0.05, 0) is 42.2 Å². The fourth-order valence-corrected chi connectivity index (χ4v) is 3.31. The maximum atomic E-state index is 13.0. The smallest absolute Gasteiger partial charge is 0.229 e. The van der Waals surface area contributed by atoms with Crippen molar-refractivity contribution in [3.63, 3.8) is 0 Å². The van der Waals surface area contributed by atoms with E-state index in [0.29, 0.717) is 32.7 Å². The number of hydrogen-bond acceptors (Lipinski definition) is 4. The lowest BCUT2D eigenvalue weighted by atomic mass is 9.95. The van der Waals surface area contributed by atoms with Crippen molar-refractivity contribution < 1.29 is 14.3 Å². The quantitative estimate of drug-likeness (QED) is 0.789. The first-order valence-corrected chi connectivity index (χ1v) is 9.03. The summed E-state index contributed by atoms with van der Waals surface area (Å²) in [6.45, 7) is 2.09. The van der Waals surface area contributed by atoms with Gasteiger partial charge in [0, 0.05) is 19.6 Å². The van der Waals surface area contributed by atoms with Crippen LogP contribution in [0.5, 0.6) is 11.5 Å². The number of fused-ring (bicyclic) bond motifs is 1. The summed E-state index contributed by atoms with van der Waals surface area (Å²) in [5.74, 6) is 1.55. The highest BCUT2D eigenvalue weighted by atomic mass is 35.5. The van der Waals surface area contributed by atoms with Gasteiger partial charge >= 0.3 is 0 Å². The maximum Gasteiger partial charge on any atom is 0.229 e. The van der Waals surface area contributed by atoms with Gasteiger partial charge in [0.15, 0.2) is 0 Å². The second-order valence-electron chi connectivity index (χ2n) is 6.54. The number of nitrogens with zero attached hydrogens (tertiary/aromatic N) is 1. The molecule has 0 saturated heterocycles. The number of carbonyl (C=O) groups is 1. The molecule has 0 aromatic heterocycles. The molecule has 1 heterocycles. The van der Waals surface area contributed by atoms with E-state index >= 15 is 0 Å². The molecule has 27 heavy (non-hydrogen) atoms. The zero-order chi connectivity index (χ0) is 18.4. The van der Waals surface area contributed by atoms with Crippen molar-refractivity contribution in [2.75, 3.05) is 33.4 Å². The summed E-state index contributed by atoms with van der Waals surface area (Å²) >= 11 is 0. The van der Waals surface area contributed by atoms with Crippen LogP contribution in [0.15, 0.2) is 48.5 Å². The molecule has 0 aliphatic carbocycles. The lowest BCUT2D eigenvalue weighted by Gasteiger charge is -2.30. The van der Waals surface area contributed by atoms with Crippen LogP contribution in [-0.2, 0) is 17.6 Å². The Morgan fingerprint density at radius 1 is 1.22 bits per heavy atom. The first kappa shape index (κ1) is 21.1. The average Bonchev–Trinajstić information content (AvgIpc) is 2.70. The van der Waals surface area contributed by atoms with Gasteiger partial charge in [-0.1, -0.05) is 30.3 Å². The molecular formula is C21H27ClN2O3. The Bertz CT molecular complexity index is 739. The normalized spacial score (nSPS) is 15.1. The van der Waals surface area contributed by atoms with Crippen LogP contribution in [-0.4, -0.2) is 44.2 Å². The largest absolute Gasteiger partial charge is 0.497 e. The SMILES string of the molecule is COc1ccc2c(c1)CC(C(=O)N(CCN)CCc1ccccc1)CO2.Cl. The summed E-state index contributed by atoms with van der Waals surface area (Å²) in [6.07, 6.45) is 1.49. The minimum atomic E-state index is -0.183. The topological polar surface area (TPSA) is 64.8 Å². The Morgan fingerprint density at radius 3 is 2.70 bits per heavy atom. The van der Waals surface area contributed by atoms with Crippen LogP contribution >= 0.6 is 12.4 Å². The molecule has 1 atom stereocenters. The number of benzene rings is 2. The van der Waals surface area contributed by atoms with Gasteiger partial charge < -0.3 is 20.1 Å². The van der Waals surface area contributed by atoms with E-state index in [2.05, 4.69) is 12.1 Å². The number of ether oxygens (including phenoxy) is 2. The van der Waals surface area contributed by atoms with E-state index in [4.69, 9.17) is 15.2 Å². The summed E-state index contributed by atoms with van der Waals surface area (Å²) in [7, 11) is 1.64. The van der Waals surface area contributed by atoms with E-state index in [0.717, 1.165) is 23.5 Å². The highest BCUT2D eigenvalue weighted by Crippen LogP contribution is 2.31. The molecule has 1 unspecified atom stereocenters. The fraction of sp³-hybridized carbons (Fsp3) is 0.381. The first-order valence-electron chi connectivity index (χ1n) is 9.03. The Hall–Kier alpha value is -2.24. The third kappa shape index (κ3) is 5.37. The van der Waals surface area contributed by atoms with Crippen LogP contribution in [0.4, 0.5) is 0 Å². The third-order valence-electron chi connectivity index (χ3n) is 4.75. The number of rotatable bonds is 7. The van der Waals surface area contributed by atoms with Gasteiger partial charge in [0.05, 0.1) is 13.0 Å². The standard InChI is InChI=1S/C21H26N2O3.ClH/c1-25-19-7-8-20-17(14-19)13-18(15-26-20)21(24)23(12-10-22)11-9-16-5-3-2-4-6-16;/h2-8,14,18H,9-13,15,22H2,1H3;1H. The highest BCUT2D eigenvalue weighted by Gasteiger charge is 2.29. The summed E-state index contributed by atoms with van der Waals surface area (Å²) in [4.78, 5) is 14.9. The molecular weight excluding hydrogens is 364 g/mol. The van der Waals surface area contributed by atoms with E-state index in [-0.39, 0.29) is 24.2 Å². The van der Waals surface area contributed by atoms with Gasteiger partial charge in [0.1, 0.15) is 18.1 Å². The van der Waals surface area contributed by atoms with Crippen molar-refractivity contribution in [2.24, 2.45) is 11.7 Å². The summed E-state index contributed by atoms with van der Waals surface area (Å²) in [5, 5.41) is 0. The van der Waals surface area contributed by atoms with Crippen LogP contribution in [0, 0.1) is 5.92 Å². The molecule has 2 aromatic rings. The number of carbonyl (C=O) groups excluding carboxylic acids is 1. The molecule has 5 nitrogen and oxygen atoms in total. The minimum Gasteiger partial charge on any atom is -0.497 e. The second kappa shape index (κ2) is 10.2. The molecule has 0 saturated carbocycles. The molecule has 1 aliphatic rings. The van der Waals surface area contributed by atoms with E-state index in [1.165, 1.54) is 5.56 Å². The summed E-state index contributed by atoms with van der Waals surface area (Å²) in [6, 6.07) is 15.9. The lowest BCUT2D eigenvalue weighted by molar-refractivity contribution is -0.136. The van der Waals surface area contributed by atoms with Crippen LogP contribution in [0.3, 0.4) is 0 Å². The van der Waals surface area contributed by atoms with Crippen molar-refractivity contribution >= 4 is 18.3 Å². The Labute approximate surface area is 166 Å². The van der Waals surface area contributed by atoms with Crippen molar-refractivity contribution in [1.29, 1.82) is 0 Å². The number of amides is 1. The Balaban J connectivity index is 0.00000261. The van der Waals surface area contributed by atoms with Crippen molar-refractivity contribution in [1.82, 2.24) is 4.90 Å². The average molecular weight is 391 g/mol. The second-order valence-corrected chi connectivity index (χ2v) is 6.54.